The highest BCUT2D eigenvalue weighted by molar-refractivity contribution is 6.13. The molecular formula is C7H10BO3. The zero-order valence-corrected chi connectivity index (χ0v) is 6.23. The highest BCUT2D eigenvalue weighted by Crippen LogP contribution is 2.08. The van der Waals surface area contributed by atoms with Crippen LogP contribution in [0.15, 0.2) is 24.3 Å². The first kappa shape index (κ1) is 10.0. The Labute approximate surface area is 66.2 Å². The first-order valence-corrected chi connectivity index (χ1v) is 3.06. The monoisotopic (exact) mass is 153 g/mol. The highest BCUT2D eigenvalue weighted by Gasteiger charge is 1.83. The Morgan fingerprint density at radius 2 is 1.82 bits per heavy atom. The third-order valence-corrected chi connectivity index (χ3v) is 1.00. The maximum absolute atomic E-state index is 8.81. The molecule has 0 aromatic heterocycles. The van der Waals surface area contributed by atoms with Crippen molar-refractivity contribution in [2.45, 2.75) is 6.92 Å². The summed E-state index contributed by atoms with van der Waals surface area (Å²) >= 11 is 0. The fourth-order valence-electron chi connectivity index (χ4n) is 0.628. The summed E-state index contributed by atoms with van der Waals surface area (Å²) in [5.74, 6) is 0.338. The maximum Gasteiger partial charge on any atom is 0.482 e. The minimum absolute atomic E-state index is 0. The summed E-state index contributed by atoms with van der Waals surface area (Å²) in [5, 5.41) is 22.8. The predicted octanol–water partition coefficient (Wildman–Crippen LogP) is 0.206. The molecule has 0 bridgehead atoms. The third kappa shape index (κ3) is 5.45. The van der Waals surface area contributed by atoms with E-state index < -0.39 is 0 Å². The van der Waals surface area contributed by atoms with Crippen LogP contribution in [0.25, 0.3) is 0 Å². The molecule has 1 aromatic carbocycles. The Morgan fingerprint density at radius 1 is 1.27 bits per heavy atom. The van der Waals surface area contributed by atoms with E-state index in [4.69, 9.17) is 15.2 Å². The van der Waals surface area contributed by atoms with Gasteiger partial charge in [-0.15, -0.1) is 0 Å². The van der Waals surface area contributed by atoms with Gasteiger partial charge in [-0.05, 0) is 24.6 Å². The quantitative estimate of drug-likeness (QED) is 0.466. The van der Waals surface area contributed by atoms with Gasteiger partial charge >= 0.3 is 7.69 Å². The molecule has 1 radical (unpaired) electrons. The van der Waals surface area contributed by atoms with Crippen molar-refractivity contribution in [2.24, 2.45) is 0 Å². The van der Waals surface area contributed by atoms with Gasteiger partial charge in [-0.25, -0.2) is 0 Å². The number of hydrogen-bond donors (Lipinski definition) is 3. The van der Waals surface area contributed by atoms with E-state index in [0.717, 1.165) is 5.56 Å². The number of phenols is 1. The van der Waals surface area contributed by atoms with E-state index in [1.54, 1.807) is 12.1 Å². The summed E-state index contributed by atoms with van der Waals surface area (Å²) in [4.78, 5) is 0. The molecule has 0 amide bonds. The molecular weight excluding hydrogens is 143 g/mol. The second kappa shape index (κ2) is 5.76. The zero-order valence-electron chi connectivity index (χ0n) is 6.23. The van der Waals surface area contributed by atoms with E-state index >= 15 is 0 Å². The summed E-state index contributed by atoms with van der Waals surface area (Å²) in [7, 11) is 0. The lowest BCUT2D eigenvalue weighted by molar-refractivity contribution is 0.448. The highest BCUT2D eigenvalue weighted by atomic mass is 16.4. The fourth-order valence-corrected chi connectivity index (χ4v) is 0.628. The molecule has 1 aromatic rings. The largest absolute Gasteiger partial charge is 0.508 e. The molecule has 0 fully saturated rings. The lowest BCUT2D eigenvalue weighted by Crippen LogP contribution is -1.75. The van der Waals surface area contributed by atoms with Crippen molar-refractivity contribution in [1.82, 2.24) is 0 Å². The number of aromatic hydroxyl groups is 1. The van der Waals surface area contributed by atoms with Crippen LogP contribution in [-0.2, 0) is 0 Å². The Hall–Kier alpha value is -0.995. The average Bonchev–Trinajstić information content (AvgIpc) is 1.88. The SMILES string of the molecule is Cc1cccc(O)c1.O[B]O. The van der Waals surface area contributed by atoms with E-state index in [1.165, 1.54) is 0 Å². The number of hydrogen-bond acceptors (Lipinski definition) is 3. The van der Waals surface area contributed by atoms with Gasteiger partial charge < -0.3 is 15.2 Å². The molecule has 0 atom stereocenters. The van der Waals surface area contributed by atoms with Gasteiger partial charge in [0.15, 0.2) is 0 Å². The Bertz CT molecular complexity index is 185. The molecule has 0 heterocycles. The minimum atomic E-state index is 0. The predicted molar refractivity (Wildman–Crippen MR) is 43.0 cm³/mol. The van der Waals surface area contributed by atoms with E-state index in [0.29, 0.717) is 5.75 Å². The number of phenolic OH excluding ortho intramolecular Hbond substituents is 1. The van der Waals surface area contributed by atoms with Crippen LogP contribution in [0.4, 0.5) is 0 Å². The van der Waals surface area contributed by atoms with Crippen LogP contribution < -0.4 is 0 Å². The number of benzene rings is 1. The van der Waals surface area contributed by atoms with Crippen LogP contribution in [0.3, 0.4) is 0 Å². The molecule has 0 aliphatic carbocycles. The van der Waals surface area contributed by atoms with E-state index in [9.17, 15) is 0 Å². The molecule has 3 N–H and O–H groups in total. The third-order valence-electron chi connectivity index (χ3n) is 1.00. The standard InChI is InChI=1S/C7H8O.BH2O2/c1-6-3-2-4-7(8)5-6;2-1-3/h2-5,8H,1H3;2-3H. The van der Waals surface area contributed by atoms with Gasteiger partial charge in [0.05, 0.1) is 0 Å². The Morgan fingerprint density at radius 3 is 2.09 bits per heavy atom. The molecule has 0 unspecified atom stereocenters. The Kier molecular flexibility index (Phi) is 5.24. The van der Waals surface area contributed by atoms with Gasteiger partial charge in [-0.1, -0.05) is 12.1 Å². The summed E-state index contributed by atoms with van der Waals surface area (Å²) < 4.78 is 0. The van der Waals surface area contributed by atoms with Gasteiger partial charge in [0.25, 0.3) is 0 Å². The minimum Gasteiger partial charge on any atom is -0.508 e. The van der Waals surface area contributed by atoms with Gasteiger partial charge in [0.1, 0.15) is 5.75 Å². The van der Waals surface area contributed by atoms with Crippen molar-refractivity contribution in [1.29, 1.82) is 0 Å². The van der Waals surface area contributed by atoms with Crippen molar-refractivity contribution in [3.8, 4) is 5.75 Å². The number of rotatable bonds is 0. The van der Waals surface area contributed by atoms with Crippen LogP contribution in [0.1, 0.15) is 5.56 Å². The van der Waals surface area contributed by atoms with Gasteiger partial charge in [0.2, 0.25) is 0 Å². The van der Waals surface area contributed by atoms with Crippen molar-refractivity contribution in [2.75, 3.05) is 0 Å². The smallest absolute Gasteiger partial charge is 0.482 e. The molecule has 0 spiro atoms. The average molecular weight is 153 g/mol. The lowest BCUT2D eigenvalue weighted by atomic mass is 10.2. The molecule has 4 heteroatoms. The fraction of sp³-hybridized carbons (Fsp3) is 0.143. The maximum atomic E-state index is 8.81. The Balaban J connectivity index is 0.000000292. The molecule has 3 nitrogen and oxygen atoms in total. The summed E-state index contributed by atoms with van der Waals surface area (Å²) in [6.45, 7) is 1.94. The van der Waals surface area contributed by atoms with Crippen molar-refractivity contribution < 1.29 is 15.2 Å². The zero-order chi connectivity index (χ0) is 8.69. The first-order valence-electron chi connectivity index (χ1n) is 3.06. The van der Waals surface area contributed by atoms with Gasteiger partial charge in [-0.3, -0.25) is 0 Å². The van der Waals surface area contributed by atoms with Gasteiger partial charge in [0, 0.05) is 0 Å². The van der Waals surface area contributed by atoms with Crippen LogP contribution in [0, 0.1) is 6.92 Å². The van der Waals surface area contributed by atoms with E-state index in [1.807, 2.05) is 19.1 Å². The molecule has 0 saturated heterocycles. The number of aryl methyl sites for hydroxylation is 1. The van der Waals surface area contributed by atoms with Crippen LogP contribution in [0.5, 0.6) is 5.75 Å². The van der Waals surface area contributed by atoms with Crippen LogP contribution in [0.2, 0.25) is 0 Å². The normalized spacial score (nSPS) is 7.91. The van der Waals surface area contributed by atoms with E-state index in [2.05, 4.69) is 0 Å². The second-order valence-electron chi connectivity index (χ2n) is 1.95. The molecule has 0 aliphatic rings. The van der Waals surface area contributed by atoms with Crippen molar-refractivity contribution in [3.63, 3.8) is 0 Å². The van der Waals surface area contributed by atoms with E-state index in [-0.39, 0.29) is 7.69 Å². The lowest BCUT2D eigenvalue weighted by Gasteiger charge is -1.89. The van der Waals surface area contributed by atoms with Crippen molar-refractivity contribution >= 4 is 7.69 Å². The summed E-state index contributed by atoms with van der Waals surface area (Å²) in [6, 6.07) is 7.15. The summed E-state index contributed by atoms with van der Waals surface area (Å²) in [5.41, 5.74) is 1.09. The molecule has 0 aliphatic heterocycles. The van der Waals surface area contributed by atoms with Crippen molar-refractivity contribution in [3.05, 3.63) is 29.8 Å². The first-order chi connectivity index (χ1) is 5.20. The van der Waals surface area contributed by atoms with Crippen LogP contribution in [-0.4, -0.2) is 22.8 Å². The molecule has 0 saturated carbocycles. The summed E-state index contributed by atoms with van der Waals surface area (Å²) in [6.07, 6.45) is 0. The van der Waals surface area contributed by atoms with Crippen LogP contribution >= 0.6 is 0 Å². The van der Waals surface area contributed by atoms with Gasteiger partial charge in [-0.2, -0.15) is 0 Å². The molecule has 59 valence electrons. The topological polar surface area (TPSA) is 60.7 Å². The second-order valence-corrected chi connectivity index (χ2v) is 1.95. The molecule has 1 rings (SSSR count). The molecule has 11 heavy (non-hydrogen) atoms.